The Balaban J connectivity index is 1.91. The number of nitrogen functional groups attached to an aromatic ring is 1. The molecule has 6 nitrogen and oxygen atoms in total. The van der Waals surface area contributed by atoms with E-state index < -0.39 is 0 Å². The third kappa shape index (κ3) is 3.61. The van der Waals surface area contributed by atoms with Crippen molar-refractivity contribution >= 4 is 11.6 Å². The molecule has 0 saturated carbocycles. The van der Waals surface area contributed by atoms with Crippen molar-refractivity contribution in [1.29, 1.82) is 0 Å². The number of nitrogens with zero attached hydrogens (tertiary/aromatic N) is 1. The Morgan fingerprint density at radius 1 is 1.50 bits per heavy atom. The van der Waals surface area contributed by atoms with E-state index in [4.69, 9.17) is 10.5 Å². The Morgan fingerprint density at radius 2 is 2.20 bits per heavy atom. The molecule has 1 atom stereocenters. The van der Waals surface area contributed by atoms with Crippen LogP contribution in [-0.2, 0) is 4.74 Å². The average molecular weight is 279 g/mol. The van der Waals surface area contributed by atoms with Gasteiger partial charge in [-0.25, -0.2) is 0 Å². The maximum atomic E-state index is 12.1. The molecule has 0 radical (unpaired) electrons. The molecule has 1 aromatic carbocycles. The Morgan fingerprint density at radius 3 is 2.90 bits per heavy atom. The van der Waals surface area contributed by atoms with Crippen LogP contribution in [0.4, 0.5) is 5.69 Å². The predicted octanol–water partition coefficient (Wildman–Crippen LogP) is 0.425. The first-order valence-electron chi connectivity index (χ1n) is 6.76. The highest BCUT2D eigenvalue weighted by Crippen LogP contribution is 2.24. The molecule has 1 unspecified atom stereocenters. The summed E-state index contributed by atoms with van der Waals surface area (Å²) in [6.45, 7) is 5.93. The van der Waals surface area contributed by atoms with Crippen molar-refractivity contribution in [3.05, 3.63) is 23.8 Å². The molecule has 110 valence electrons. The maximum absolute atomic E-state index is 12.1. The Kier molecular flexibility index (Phi) is 4.81. The van der Waals surface area contributed by atoms with Crippen molar-refractivity contribution in [2.45, 2.75) is 13.0 Å². The summed E-state index contributed by atoms with van der Waals surface area (Å²) in [6, 6.07) is 4.75. The van der Waals surface area contributed by atoms with Gasteiger partial charge < -0.3 is 20.9 Å². The van der Waals surface area contributed by atoms with E-state index in [9.17, 15) is 9.90 Å². The van der Waals surface area contributed by atoms with E-state index in [-0.39, 0.29) is 28.9 Å². The van der Waals surface area contributed by atoms with Gasteiger partial charge in [-0.1, -0.05) is 6.07 Å². The smallest absolute Gasteiger partial charge is 0.255 e. The molecule has 1 aliphatic rings. The number of morpholine rings is 1. The van der Waals surface area contributed by atoms with Gasteiger partial charge in [-0.3, -0.25) is 9.69 Å². The summed E-state index contributed by atoms with van der Waals surface area (Å²) in [7, 11) is 0. The number of aromatic hydroxyl groups is 1. The zero-order valence-corrected chi connectivity index (χ0v) is 11.6. The molecule has 2 rings (SSSR count). The molecule has 0 aliphatic carbocycles. The molecule has 6 heteroatoms. The van der Waals surface area contributed by atoms with Crippen molar-refractivity contribution < 1.29 is 14.6 Å². The highest BCUT2D eigenvalue weighted by molar-refractivity contribution is 5.98. The van der Waals surface area contributed by atoms with Gasteiger partial charge in [-0.2, -0.15) is 0 Å². The first-order chi connectivity index (χ1) is 9.58. The van der Waals surface area contributed by atoms with Gasteiger partial charge in [0.25, 0.3) is 5.91 Å². The van der Waals surface area contributed by atoms with Crippen LogP contribution in [-0.4, -0.2) is 54.8 Å². The van der Waals surface area contributed by atoms with E-state index in [1.54, 1.807) is 18.2 Å². The van der Waals surface area contributed by atoms with Gasteiger partial charge in [-0.05, 0) is 19.1 Å². The molecule has 1 aromatic rings. The summed E-state index contributed by atoms with van der Waals surface area (Å²) in [4.78, 5) is 14.3. The largest absolute Gasteiger partial charge is 0.505 e. The Labute approximate surface area is 118 Å². The van der Waals surface area contributed by atoms with Crippen molar-refractivity contribution in [2.75, 3.05) is 38.6 Å². The number of nitrogens with two attached hydrogens (primary N) is 1. The van der Waals surface area contributed by atoms with Crippen molar-refractivity contribution in [1.82, 2.24) is 10.2 Å². The fourth-order valence-electron chi connectivity index (χ4n) is 2.26. The maximum Gasteiger partial charge on any atom is 0.255 e. The second kappa shape index (κ2) is 6.58. The number of phenolic OH excluding ortho intramolecular Hbond substituents is 1. The molecule has 0 bridgehead atoms. The van der Waals surface area contributed by atoms with Gasteiger partial charge in [0.1, 0.15) is 0 Å². The van der Waals surface area contributed by atoms with E-state index >= 15 is 0 Å². The molecule has 4 N–H and O–H groups in total. The molecule has 1 saturated heterocycles. The number of benzene rings is 1. The van der Waals surface area contributed by atoms with Crippen LogP contribution in [0.3, 0.4) is 0 Å². The third-order valence-corrected chi connectivity index (χ3v) is 3.33. The number of nitrogens with one attached hydrogen (secondary N) is 1. The minimum Gasteiger partial charge on any atom is -0.505 e. The number of amides is 1. The number of hydrogen-bond acceptors (Lipinski definition) is 5. The quantitative estimate of drug-likeness (QED) is 0.549. The molecule has 0 aromatic heterocycles. The van der Waals surface area contributed by atoms with E-state index in [1.165, 1.54) is 0 Å². The van der Waals surface area contributed by atoms with E-state index in [0.29, 0.717) is 0 Å². The van der Waals surface area contributed by atoms with Gasteiger partial charge in [0.2, 0.25) is 0 Å². The molecular formula is C14H21N3O3. The summed E-state index contributed by atoms with van der Waals surface area (Å²) in [6.07, 6.45) is 0. The number of phenols is 1. The highest BCUT2D eigenvalue weighted by Gasteiger charge is 2.18. The van der Waals surface area contributed by atoms with Crippen molar-refractivity contribution in [3.63, 3.8) is 0 Å². The predicted molar refractivity (Wildman–Crippen MR) is 76.7 cm³/mol. The molecule has 20 heavy (non-hydrogen) atoms. The van der Waals surface area contributed by atoms with Crippen LogP contribution in [0.2, 0.25) is 0 Å². The molecule has 1 fully saturated rings. The number of carbonyl (C=O) groups is 1. The highest BCUT2D eigenvalue weighted by atomic mass is 16.5. The normalized spacial score (nSPS) is 17.6. The second-order valence-corrected chi connectivity index (χ2v) is 5.03. The van der Waals surface area contributed by atoms with Gasteiger partial charge in [0.15, 0.2) is 5.75 Å². The minimum absolute atomic E-state index is 0.0126. The standard InChI is InChI=1S/C14H21N3O3/c1-10(9-17-5-7-20-8-6-17)16-14(19)11-3-2-4-12(15)13(11)18/h2-4,10,18H,5-9,15H2,1H3,(H,16,19). The number of carbonyl (C=O) groups excluding carboxylic acids is 1. The molecule has 0 spiro atoms. The second-order valence-electron chi connectivity index (χ2n) is 5.03. The van der Waals surface area contributed by atoms with Crippen LogP contribution in [0.1, 0.15) is 17.3 Å². The minimum atomic E-state index is -0.310. The first kappa shape index (κ1) is 14.6. The SMILES string of the molecule is CC(CN1CCOCC1)NC(=O)c1cccc(N)c1O. The van der Waals surface area contributed by atoms with Crippen LogP contribution in [0, 0.1) is 0 Å². The zero-order chi connectivity index (χ0) is 14.5. The van der Waals surface area contributed by atoms with Crippen LogP contribution >= 0.6 is 0 Å². The number of ether oxygens (including phenoxy) is 1. The summed E-state index contributed by atoms with van der Waals surface area (Å²) in [5.74, 6) is -0.473. The molecule has 1 aliphatic heterocycles. The lowest BCUT2D eigenvalue weighted by Gasteiger charge is -2.29. The third-order valence-electron chi connectivity index (χ3n) is 3.33. The number of hydrogen-bond donors (Lipinski definition) is 3. The van der Waals surface area contributed by atoms with Crippen molar-refractivity contribution in [2.24, 2.45) is 0 Å². The average Bonchev–Trinajstić information content (AvgIpc) is 2.42. The molecule has 1 amide bonds. The molecule has 1 heterocycles. The van der Waals surface area contributed by atoms with Crippen LogP contribution < -0.4 is 11.1 Å². The Hall–Kier alpha value is -1.79. The van der Waals surface area contributed by atoms with E-state index in [2.05, 4.69) is 10.2 Å². The summed E-state index contributed by atoms with van der Waals surface area (Å²) >= 11 is 0. The summed E-state index contributed by atoms with van der Waals surface area (Å²) in [5.41, 5.74) is 6.00. The van der Waals surface area contributed by atoms with Crippen LogP contribution in [0.25, 0.3) is 0 Å². The van der Waals surface area contributed by atoms with Crippen molar-refractivity contribution in [3.8, 4) is 5.75 Å². The topological polar surface area (TPSA) is 87.8 Å². The fourth-order valence-corrected chi connectivity index (χ4v) is 2.26. The number of rotatable bonds is 4. The Bertz CT molecular complexity index is 473. The van der Waals surface area contributed by atoms with Crippen LogP contribution in [0.15, 0.2) is 18.2 Å². The number of anilines is 1. The first-order valence-corrected chi connectivity index (χ1v) is 6.76. The van der Waals surface area contributed by atoms with Gasteiger partial charge in [-0.15, -0.1) is 0 Å². The summed E-state index contributed by atoms with van der Waals surface area (Å²) in [5, 5.41) is 12.7. The lowest BCUT2D eigenvalue weighted by molar-refractivity contribution is 0.0342. The monoisotopic (exact) mass is 279 g/mol. The van der Waals surface area contributed by atoms with Gasteiger partial charge in [0, 0.05) is 25.7 Å². The fraction of sp³-hybridized carbons (Fsp3) is 0.500. The molecular weight excluding hydrogens is 258 g/mol. The van der Waals surface area contributed by atoms with Gasteiger partial charge >= 0.3 is 0 Å². The zero-order valence-electron chi connectivity index (χ0n) is 11.6. The van der Waals surface area contributed by atoms with Crippen LogP contribution in [0.5, 0.6) is 5.75 Å². The number of para-hydroxylation sites is 1. The lowest BCUT2D eigenvalue weighted by atomic mass is 10.1. The van der Waals surface area contributed by atoms with Gasteiger partial charge in [0.05, 0.1) is 24.5 Å². The lowest BCUT2D eigenvalue weighted by Crippen LogP contribution is -2.46. The van der Waals surface area contributed by atoms with E-state index in [0.717, 1.165) is 32.8 Å². The van der Waals surface area contributed by atoms with E-state index in [1.807, 2.05) is 6.92 Å². The summed E-state index contributed by atoms with van der Waals surface area (Å²) < 4.78 is 5.28.